The Morgan fingerprint density at radius 2 is 1.55 bits per heavy atom. The summed E-state index contributed by atoms with van der Waals surface area (Å²) in [4.78, 5) is 85.8. The summed E-state index contributed by atoms with van der Waals surface area (Å²) in [6, 6.07) is -1.90. The van der Waals surface area contributed by atoms with Crippen molar-refractivity contribution in [3.8, 4) is 34.8 Å². The molecule has 4 amide bonds. The topological polar surface area (TPSA) is 185 Å². The number of rotatable bonds is 13. The second kappa shape index (κ2) is 18.8. The zero-order valence-electron chi connectivity index (χ0n) is 37.5. The highest BCUT2D eigenvalue weighted by molar-refractivity contribution is 6.05. The van der Waals surface area contributed by atoms with Gasteiger partial charge in [-0.05, 0) is 71.0 Å². The van der Waals surface area contributed by atoms with Crippen molar-refractivity contribution in [3.05, 3.63) is 39.4 Å². The summed E-state index contributed by atoms with van der Waals surface area (Å²) in [5, 5.41) is 11.2. The quantitative estimate of drug-likeness (QED) is 0.176. The van der Waals surface area contributed by atoms with Gasteiger partial charge in [-0.25, -0.2) is 0 Å². The van der Waals surface area contributed by atoms with Gasteiger partial charge in [-0.2, -0.15) is 18.4 Å². The molecule has 0 aromatic heterocycles. The lowest BCUT2D eigenvalue weighted by Crippen LogP contribution is -2.69. The molecule has 0 aliphatic carbocycles. The fourth-order valence-electron chi connectivity index (χ4n) is 9.88. The first-order valence-corrected chi connectivity index (χ1v) is 21.5. The number of imide groups is 2. The average molecular weight is 898 g/mol. The second-order valence-corrected chi connectivity index (χ2v) is 16.6. The summed E-state index contributed by atoms with van der Waals surface area (Å²) in [6.07, 6.45) is -5.05. The third-order valence-electron chi connectivity index (χ3n) is 12.5. The summed E-state index contributed by atoms with van der Waals surface area (Å²) in [7, 11) is 3.30. The van der Waals surface area contributed by atoms with Crippen molar-refractivity contribution in [3.63, 3.8) is 0 Å². The molecule has 2 bridgehead atoms. The highest BCUT2D eigenvalue weighted by Crippen LogP contribution is 2.59. The number of ether oxygens (including phenoxy) is 5. The zero-order chi connectivity index (χ0) is 47.1. The van der Waals surface area contributed by atoms with E-state index in [1.807, 2.05) is 36.8 Å². The van der Waals surface area contributed by atoms with E-state index < -0.39 is 91.0 Å². The van der Waals surface area contributed by atoms with Crippen LogP contribution in [0.15, 0.2) is 6.07 Å². The molecule has 0 N–H and O–H groups in total. The van der Waals surface area contributed by atoms with Crippen LogP contribution in [0.3, 0.4) is 0 Å². The van der Waals surface area contributed by atoms with Gasteiger partial charge in [0.1, 0.15) is 17.8 Å². The minimum atomic E-state index is -5.53. The number of aryl methyl sites for hydroxylation is 1. The molecule has 4 aliphatic rings. The lowest BCUT2D eigenvalue weighted by atomic mass is 9.71. The Bertz CT molecular complexity index is 2290. The van der Waals surface area contributed by atoms with E-state index in [0.29, 0.717) is 40.0 Å². The zero-order valence-corrected chi connectivity index (χ0v) is 37.5. The van der Waals surface area contributed by atoms with E-state index >= 15 is 0 Å². The number of fused-ring (bicyclic) bond motifs is 9. The maximum Gasteiger partial charge on any atom is 0.471 e. The van der Waals surface area contributed by atoms with E-state index in [0.717, 1.165) is 17.4 Å². The van der Waals surface area contributed by atoms with Gasteiger partial charge in [-0.15, -0.1) is 0 Å². The van der Waals surface area contributed by atoms with E-state index in [2.05, 4.69) is 6.07 Å². The molecular weight excluding hydrogens is 844 g/mol. The molecule has 6 rings (SSSR count). The molecule has 19 heteroatoms. The van der Waals surface area contributed by atoms with Crippen molar-refractivity contribution in [2.24, 2.45) is 0 Å². The molecule has 1 saturated heterocycles. The summed E-state index contributed by atoms with van der Waals surface area (Å²) in [5.74, 6) is -6.04. The van der Waals surface area contributed by atoms with Crippen LogP contribution in [0.25, 0.3) is 0 Å². The number of halogens is 3. The molecule has 4 aliphatic heterocycles. The number of nitriles is 1. The Morgan fingerprint density at radius 1 is 0.906 bits per heavy atom. The fourth-order valence-corrected chi connectivity index (χ4v) is 9.88. The number of amides is 4. The number of nitrogens with zero attached hydrogens (tertiary/aromatic N) is 5. The molecule has 2 aromatic rings. The molecule has 6 atom stereocenters. The number of alkyl halides is 3. The van der Waals surface area contributed by atoms with E-state index in [1.54, 1.807) is 13.8 Å². The monoisotopic (exact) mass is 897 g/mol. The van der Waals surface area contributed by atoms with Crippen LogP contribution < -0.4 is 23.7 Å². The van der Waals surface area contributed by atoms with E-state index in [9.17, 15) is 47.2 Å². The van der Waals surface area contributed by atoms with Gasteiger partial charge < -0.3 is 23.7 Å². The standard InChI is InChI=1S/C45H54F3N5O11/c1-10-13-32(55)51(43(58)24(6)52(33(56)14-11-2)44(59)45(46,47)48)20-31-36-27(39(63-25(7)54)23(5)40-41(36)62-21-61-40)18-29-37-35-26(17-28(50(37)8)30(19-49)53(29)31)16-22(4)38(60-9)42(35)64-34(57)15-12-3/h16,24,28-31,37H,10-15,17-18,20-21H2,1-9H3/t24-,28?,29?,30-,31-,37?/m0/s1. The number of carbonyl (C=O) groups is 6. The van der Waals surface area contributed by atoms with Crippen molar-refractivity contribution >= 4 is 35.6 Å². The van der Waals surface area contributed by atoms with Gasteiger partial charge in [0, 0.05) is 67.1 Å². The number of carbonyl (C=O) groups excluding carboxylic acids is 6. The molecule has 0 radical (unpaired) electrons. The highest BCUT2D eigenvalue weighted by Gasteiger charge is 2.58. The predicted molar refractivity (Wildman–Crippen MR) is 220 cm³/mol. The Hall–Kier alpha value is -5.74. The number of methoxy groups -OCH3 is 1. The number of piperazine rings is 1. The highest BCUT2D eigenvalue weighted by atomic mass is 19.4. The largest absolute Gasteiger partial charge is 0.493 e. The van der Waals surface area contributed by atoms with E-state index in [1.165, 1.54) is 21.0 Å². The van der Waals surface area contributed by atoms with E-state index in [-0.39, 0.29) is 73.2 Å². The summed E-state index contributed by atoms with van der Waals surface area (Å²) in [6.45, 7) is 9.83. The van der Waals surface area contributed by atoms with Crippen LogP contribution in [0.1, 0.15) is 119 Å². The van der Waals surface area contributed by atoms with Crippen LogP contribution in [0.4, 0.5) is 13.2 Å². The molecule has 0 spiro atoms. The minimum absolute atomic E-state index is 0.0623. The Labute approximate surface area is 369 Å². The molecule has 1 fully saturated rings. The van der Waals surface area contributed by atoms with Gasteiger partial charge in [0.05, 0.1) is 25.3 Å². The molecule has 346 valence electrons. The summed E-state index contributed by atoms with van der Waals surface area (Å²) >= 11 is 0. The third-order valence-corrected chi connectivity index (χ3v) is 12.5. The Morgan fingerprint density at radius 3 is 2.14 bits per heavy atom. The van der Waals surface area contributed by atoms with Crippen LogP contribution in [0.5, 0.6) is 28.7 Å². The number of likely N-dealkylation sites (N-methyl/N-ethyl adjacent to an activating group) is 1. The molecule has 3 unspecified atom stereocenters. The predicted octanol–water partition coefficient (Wildman–Crippen LogP) is 5.70. The van der Waals surface area contributed by atoms with Crippen molar-refractivity contribution in [2.75, 3.05) is 27.5 Å². The lowest BCUT2D eigenvalue weighted by molar-refractivity contribution is -0.191. The number of esters is 2. The molecule has 16 nitrogen and oxygen atoms in total. The first-order valence-electron chi connectivity index (χ1n) is 21.5. The van der Waals surface area contributed by atoms with Gasteiger partial charge in [0.2, 0.25) is 18.6 Å². The van der Waals surface area contributed by atoms with Gasteiger partial charge in [-0.3, -0.25) is 48.4 Å². The van der Waals surface area contributed by atoms with Crippen LogP contribution in [-0.2, 0) is 41.6 Å². The summed E-state index contributed by atoms with van der Waals surface area (Å²) in [5.41, 5.74) is 3.22. The molecule has 64 heavy (non-hydrogen) atoms. The second-order valence-electron chi connectivity index (χ2n) is 16.6. The third kappa shape index (κ3) is 8.37. The lowest BCUT2D eigenvalue weighted by Gasteiger charge is -2.60. The molecule has 2 aromatic carbocycles. The molecule has 0 saturated carbocycles. The average Bonchev–Trinajstić information content (AvgIpc) is 3.72. The maximum atomic E-state index is 14.8. The first kappa shape index (κ1) is 47.7. The SMILES string of the molecule is CCCC(=O)Oc1c(OC)c(C)cc2c1C1C3Cc4c(OC(C)=O)c(C)c5c(c4[C@H](CN(C(=O)CCC)C(=O)[C@H](C)N(C(=O)CCC)C(=O)C(F)(F)F)N3[C@@H](C#N)C(C2)N1C)OCO5. The van der Waals surface area contributed by atoms with Gasteiger partial charge in [-0.1, -0.05) is 26.8 Å². The van der Waals surface area contributed by atoms with E-state index in [4.69, 9.17) is 23.7 Å². The molecule has 4 heterocycles. The Balaban J connectivity index is 1.63. The van der Waals surface area contributed by atoms with Gasteiger partial charge in [0.15, 0.2) is 23.0 Å². The smallest absolute Gasteiger partial charge is 0.471 e. The molecular formula is C45H54F3N5O11. The minimum Gasteiger partial charge on any atom is -0.493 e. The van der Waals surface area contributed by atoms with Crippen molar-refractivity contribution in [2.45, 2.75) is 142 Å². The fraction of sp³-hybridized carbons (Fsp3) is 0.578. The number of hydrogen-bond donors (Lipinski definition) is 0. The normalized spacial score (nSPS) is 21.3. The van der Waals surface area contributed by atoms with Crippen molar-refractivity contribution in [1.29, 1.82) is 5.26 Å². The van der Waals surface area contributed by atoms with Crippen molar-refractivity contribution < 1.29 is 65.6 Å². The van der Waals surface area contributed by atoms with Crippen LogP contribution in [-0.4, -0.2) is 113 Å². The van der Waals surface area contributed by atoms with Crippen LogP contribution >= 0.6 is 0 Å². The van der Waals surface area contributed by atoms with Crippen LogP contribution in [0, 0.1) is 25.2 Å². The van der Waals surface area contributed by atoms with Gasteiger partial charge >= 0.3 is 24.0 Å². The number of benzene rings is 2. The Kier molecular flexibility index (Phi) is 14.0. The first-order chi connectivity index (χ1) is 30.3. The summed E-state index contributed by atoms with van der Waals surface area (Å²) < 4.78 is 72.2. The van der Waals surface area contributed by atoms with Gasteiger partial charge in [0.25, 0.3) is 5.91 Å². The van der Waals surface area contributed by atoms with Crippen LogP contribution in [0.2, 0.25) is 0 Å². The number of hydrogen-bond acceptors (Lipinski definition) is 14. The maximum absolute atomic E-state index is 14.8. The van der Waals surface area contributed by atoms with Crippen molar-refractivity contribution in [1.82, 2.24) is 19.6 Å².